The Morgan fingerprint density at radius 1 is 0.512 bits per heavy atom. The summed E-state index contributed by atoms with van der Waals surface area (Å²) in [7, 11) is 0. The third kappa shape index (κ3) is 33.1. The molecule has 0 aliphatic carbocycles. The molecule has 0 aromatic carbocycles. The van der Waals surface area contributed by atoms with Gasteiger partial charge in [0, 0.05) is 12.8 Å². The van der Waals surface area contributed by atoms with Gasteiger partial charge < -0.3 is 15.2 Å². The summed E-state index contributed by atoms with van der Waals surface area (Å²) in [5.74, 6) is -1.31. The Balaban J connectivity index is 3.57. The zero-order valence-electron chi connectivity index (χ0n) is 28.6. The molecular formula is C37H71NO5. The van der Waals surface area contributed by atoms with Crippen LogP contribution in [-0.4, -0.2) is 35.6 Å². The first-order chi connectivity index (χ1) is 21.0. The lowest BCUT2D eigenvalue weighted by Crippen LogP contribution is -2.28. The largest absolute Gasteiger partial charge is 0.480 e. The number of hydrogen-bond donors (Lipinski definition) is 2. The van der Waals surface area contributed by atoms with Gasteiger partial charge in [0.05, 0.1) is 0 Å². The van der Waals surface area contributed by atoms with E-state index in [1.807, 2.05) is 0 Å². The molecule has 0 spiro atoms. The van der Waals surface area contributed by atoms with E-state index >= 15 is 0 Å². The highest BCUT2D eigenvalue weighted by molar-refractivity contribution is 5.80. The summed E-state index contributed by atoms with van der Waals surface area (Å²) in [4.78, 5) is 34.5. The van der Waals surface area contributed by atoms with Gasteiger partial charge in [-0.25, -0.2) is 0 Å². The van der Waals surface area contributed by atoms with Gasteiger partial charge in [-0.3, -0.25) is 14.4 Å². The highest BCUT2D eigenvalue weighted by atomic mass is 16.5. The maximum atomic E-state index is 12.4. The SMILES string of the molecule is CCCCCCCCCCCCCCCCCCCCCCCC(=O)OC(CCCC)CCCCCC(=O)NCC(=O)O. The Labute approximate surface area is 266 Å². The molecule has 0 saturated heterocycles. The molecule has 254 valence electrons. The number of nitrogens with one attached hydrogen (secondary N) is 1. The van der Waals surface area contributed by atoms with Crippen molar-refractivity contribution in [1.29, 1.82) is 0 Å². The van der Waals surface area contributed by atoms with Crippen LogP contribution in [0.4, 0.5) is 0 Å². The van der Waals surface area contributed by atoms with Gasteiger partial charge >= 0.3 is 11.9 Å². The van der Waals surface area contributed by atoms with Crippen LogP contribution >= 0.6 is 0 Å². The van der Waals surface area contributed by atoms with E-state index < -0.39 is 5.97 Å². The maximum Gasteiger partial charge on any atom is 0.322 e. The van der Waals surface area contributed by atoms with E-state index in [9.17, 15) is 14.4 Å². The van der Waals surface area contributed by atoms with E-state index in [-0.39, 0.29) is 24.5 Å². The van der Waals surface area contributed by atoms with Gasteiger partial charge in [0.2, 0.25) is 5.91 Å². The number of ether oxygens (including phenoxy) is 1. The zero-order valence-corrected chi connectivity index (χ0v) is 28.6. The molecule has 6 nitrogen and oxygen atoms in total. The summed E-state index contributed by atoms with van der Waals surface area (Å²) in [5, 5.41) is 11.0. The lowest BCUT2D eigenvalue weighted by atomic mass is 10.0. The minimum Gasteiger partial charge on any atom is -0.480 e. The molecule has 6 heteroatoms. The van der Waals surface area contributed by atoms with Crippen molar-refractivity contribution < 1.29 is 24.2 Å². The van der Waals surface area contributed by atoms with Gasteiger partial charge in [0.25, 0.3) is 0 Å². The van der Waals surface area contributed by atoms with E-state index in [0.717, 1.165) is 57.8 Å². The number of carbonyl (C=O) groups excluding carboxylic acids is 2. The Morgan fingerprint density at radius 2 is 0.884 bits per heavy atom. The highest BCUT2D eigenvalue weighted by Crippen LogP contribution is 2.17. The molecule has 0 aliphatic heterocycles. The van der Waals surface area contributed by atoms with Crippen LogP contribution in [0.15, 0.2) is 0 Å². The third-order valence-corrected chi connectivity index (χ3v) is 8.53. The molecule has 0 aromatic heterocycles. The fourth-order valence-corrected chi connectivity index (χ4v) is 5.74. The van der Waals surface area contributed by atoms with Gasteiger partial charge in [-0.05, 0) is 32.1 Å². The van der Waals surface area contributed by atoms with Gasteiger partial charge in [0.15, 0.2) is 0 Å². The number of esters is 1. The Kier molecular flexibility index (Phi) is 32.1. The van der Waals surface area contributed by atoms with Crippen molar-refractivity contribution >= 4 is 17.8 Å². The van der Waals surface area contributed by atoms with E-state index in [2.05, 4.69) is 19.2 Å². The Bertz CT molecular complexity index is 638. The number of aliphatic carboxylic acids is 1. The summed E-state index contributed by atoms with van der Waals surface area (Å²) >= 11 is 0. The zero-order chi connectivity index (χ0) is 31.6. The van der Waals surface area contributed by atoms with Crippen LogP contribution in [0.3, 0.4) is 0 Å². The van der Waals surface area contributed by atoms with Crippen LogP contribution in [0, 0.1) is 0 Å². The van der Waals surface area contributed by atoms with Gasteiger partial charge in [0.1, 0.15) is 12.6 Å². The summed E-state index contributed by atoms with van der Waals surface area (Å²) in [5.41, 5.74) is 0. The normalized spacial score (nSPS) is 11.9. The van der Waals surface area contributed by atoms with E-state index in [1.54, 1.807) is 0 Å². The molecule has 0 radical (unpaired) electrons. The maximum absolute atomic E-state index is 12.4. The average Bonchev–Trinajstić information content (AvgIpc) is 2.99. The van der Waals surface area contributed by atoms with Crippen LogP contribution in [0.2, 0.25) is 0 Å². The van der Waals surface area contributed by atoms with Crippen molar-refractivity contribution in [2.45, 2.75) is 213 Å². The van der Waals surface area contributed by atoms with E-state index in [0.29, 0.717) is 12.8 Å². The number of amides is 1. The second kappa shape index (κ2) is 33.3. The topological polar surface area (TPSA) is 92.7 Å². The first kappa shape index (κ1) is 41.4. The van der Waals surface area contributed by atoms with Gasteiger partial charge in [-0.15, -0.1) is 0 Å². The molecule has 0 bridgehead atoms. The molecule has 1 atom stereocenters. The molecule has 1 unspecified atom stereocenters. The monoisotopic (exact) mass is 610 g/mol. The smallest absolute Gasteiger partial charge is 0.322 e. The molecule has 0 aliphatic rings. The molecular weight excluding hydrogens is 538 g/mol. The van der Waals surface area contributed by atoms with Crippen LogP contribution < -0.4 is 5.32 Å². The second-order valence-electron chi connectivity index (χ2n) is 12.8. The number of carboxylic acids is 1. The standard InChI is InChI=1S/C37H71NO5/c1-3-5-7-8-9-10-11-12-13-14-15-16-17-18-19-20-21-22-23-24-28-32-37(42)43-34(29-6-4-2)30-26-25-27-31-35(39)38-33-36(40)41/h34H,3-33H2,1-2H3,(H,38,39)(H,40,41). The van der Waals surface area contributed by atoms with Crippen LogP contribution in [0.5, 0.6) is 0 Å². The number of unbranched alkanes of at least 4 members (excludes halogenated alkanes) is 23. The first-order valence-corrected chi connectivity index (χ1v) is 18.7. The quantitative estimate of drug-likeness (QED) is 0.0559. The van der Waals surface area contributed by atoms with Crippen LogP contribution in [0.25, 0.3) is 0 Å². The number of rotatable bonds is 34. The summed E-state index contributed by atoms with van der Waals surface area (Å²) in [6.45, 7) is 4.11. The minimum atomic E-state index is -1.03. The molecule has 0 heterocycles. The molecule has 0 saturated carbocycles. The molecule has 43 heavy (non-hydrogen) atoms. The van der Waals surface area contributed by atoms with Gasteiger partial charge in [-0.2, -0.15) is 0 Å². The summed E-state index contributed by atoms with van der Waals surface area (Å²) in [6, 6.07) is 0. The molecule has 0 rings (SSSR count). The van der Waals surface area contributed by atoms with Crippen molar-refractivity contribution in [3.05, 3.63) is 0 Å². The van der Waals surface area contributed by atoms with Gasteiger partial charge in [-0.1, -0.05) is 162 Å². The average molecular weight is 610 g/mol. The molecule has 1 amide bonds. The molecule has 2 N–H and O–H groups in total. The third-order valence-electron chi connectivity index (χ3n) is 8.53. The fraction of sp³-hybridized carbons (Fsp3) is 0.919. The first-order valence-electron chi connectivity index (χ1n) is 18.7. The summed E-state index contributed by atoms with van der Waals surface area (Å²) < 4.78 is 5.81. The Hall–Kier alpha value is -1.59. The number of carbonyl (C=O) groups is 3. The fourth-order valence-electron chi connectivity index (χ4n) is 5.74. The summed E-state index contributed by atoms with van der Waals surface area (Å²) in [6.07, 6.45) is 35.7. The minimum absolute atomic E-state index is 0.0248. The van der Waals surface area contributed by atoms with Crippen molar-refractivity contribution in [3.63, 3.8) is 0 Å². The van der Waals surface area contributed by atoms with Crippen molar-refractivity contribution in [2.75, 3.05) is 6.54 Å². The van der Waals surface area contributed by atoms with E-state index in [4.69, 9.17) is 9.84 Å². The lowest BCUT2D eigenvalue weighted by molar-refractivity contribution is -0.150. The van der Waals surface area contributed by atoms with Crippen LogP contribution in [-0.2, 0) is 19.1 Å². The van der Waals surface area contributed by atoms with Crippen molar-refractivity contribution in [2.24, 2.45) is 0 Å². The number of carboxylic acid groups (broad SMARTS) is 1. The van der Waals surface area contributed by atoms with E-state index in [1.165, 1.54) is 122 Å². The predicted octanol–water partition coefficient (Wildman–Crippen LogP) is 10.8. The predicted molar refractivity (Wildman–Crippen MR) is 180 cm³/mol. The second-order valence-corrected chi connectivity index (χ2v) is 12.8. The molecule has 0 fully saturated rings. The Morgan fingerprint density at radius 3 is 1.33 bits per heavy atom. The lowest BCUT2D eigenvalue weighted by Gasteiger charge is -2.18. The van der Waals surface area contributed by atoms with Crippen molar-refractivity contribution in [1.82, 2.24) is 5.32 Å². The number of hydrogen-bond acceptors (Lipinski definition) is 4. The molecule has 0 aromatic rings. The highest BCUT2D eigenvalue weighted by Gasteiger charge is 2.14. The van der Waals surface area contributed by atoms with Crippen molar-refractivity contribution in [3.8, 4) is 0 Å². The van der Waals surface area contributed by atoms with Crippen LogP contribution in [0.1, 0.15) is 206 Å².